The molecule has 10 heteroatoms. The number of carbonyl (C=O) groups is 3. The van der Waals surface area contributed by atoms with E-state index in [1.54, 1.807) is 0 Å². The van der Waals surface area contributed by atoms with Crippen molar-refractivity contribution < 1.29 is 42.1 Å². The van der Waals surface area contributed by atoms with Crippen LogP contribution in [0.2, 0.25) is 0 Å². The number of benzene rings is 1. The van der Waals surface area contributed by atoms with Crippen LogP contribution in [0.5, 0.6) is 0 Å². The Balaban J connectivity index is 3.40. The molecule has 1 aromatic carbocycles. The highest BCUT2D eigenvalue weighted by Gasteiger charge is 2.32. The summed E-state index contributed by atoms with van der Waals surface area (Å²) in [6, 6.07) is 1.80. The number of methoxy groups -OCH3 is 2. The van der Waals surface area contributed by atoms with Gasteiger partial charge in [-0.15, -0.1) is 0 Å². The Morgan fingerprint density at radius 1 is 1.17 bits per heavy atom. The lowest BCUT2D eigenvalue weighted by Gasteiger charge is -2.14. The highest BCUT2D eigenvalue weighted by molar-refractivity contribution is 6.01. The molecule has 0 aromatic heterocycles. The molecule has 0 spiro atoms. The van der Waals surface area contributed by atoms with Crippen LogP contribution in [0.4, 0.5) is 18.9 Å². The smallest absolute Gasteiger partial charge is 0.416 e. The third-order valence-corrected chi connectivity index (χ3v) is 2.72. The number of rotatable bonds is 5. The molecule has 0 saturated heterocycles. The summed E-state index contributed by atoms with van der Waals surface area (Å²) in [5.41, 5.74) is -2.82. The lowest BCUT2D eigenvalue weighted by Crippen LogP contribution is -2.18. The summed E-state index contributed by atoms with van der Waals surface area (Å²) in [5.74, 6) is -3.63. The van der Waals surface area contributed by atoms with Crippen LogP contribution in [0, 0.1) is 0 Å². The summed E-state index contributed by atoms with van der Waals surface area (Å²) in [5, 5.41) is 11.2. The molecular weight excluding hydrogens is 335 g/mol. The van der Waals surface area contributed by atoms with Crippen molar-refractivity contribution in [1.29, 1.82) is 0 Å². The van der Waals surface area contributed by atoms with E-state index in [9.17, 15) is 27.6 Å². The van der Waals surface area contributed by atoms with Gasteiger partial charge in [-0.1, -0.05) is 0 Å². The number of ether oxygens (including phenoxy) is 2. The van der Waals surface area contributed by atoms with Crippen molar-refractivity contribution in [2.75, 3.05) is 19.5 Å². The first-order valence-corrected chi connectivity index (χ1v) is 6.19. The number of nitrogens with one attached hydrogen (secondary N) is 1. The largest absolute Gasteiger partial charge is 0.478 e. The van der Waals surface area contributed by atoms with E-state index in [1.807, 2.05) is 0 Å². The van der Waals surface area contributed by atoms with Crippen molar-refractivity contribution in [1.82, 2.24) is 0 Å². The zero-order valence-electron chi connectivity index (χ0n) is 12.4. The van der Waals surface area contributed by atoms with Gasteiger partial charge in [-0.2, -0.15) is 13.2 Å². The summed E-state index contributed by atoms with van der Waals surface area (Å²) in [7, 11) is 1.99. The van der Waals surface area contributed by atoms with Crippen LogP contribution in [0.15, 0.2) is 30.0 Å². The number of anilines is 1. The molecule has 0 bridgehead atoms. The Hall–Kier alpha value is -3.04. The molecule has 0 aliphatic rings. The second-order valence-corrected chi connectivity index (χ2v) is 4.26. The molecule has 0 aliphatic carbocycles. The number of hydrogen-bond donors (Lipinski definition) is 2. The predicted octanol–water partition coefficient (Wildman–Crippen LogP) is 2.05. The maximum absolute atomic E-state index is 12.8. The molecule has 0 atom stereocenters. The van der Waals surface area contributed by atoms with E-state index < -0.39 is 46.6 Å². The van der Waals surface area contributed by atoms with Crippen LogP contribution >= 0.6 is 0 Å². The fourth-order valence-corrected chi connectivity index (χ4v) is 1.59. The average molecular weight is 347 g/mol. The number of carboxylic acids is 1. The summed E-state index contributed by atoms with van der Waals surface area (Å²) in [6.45, 7) is 0. The van der Waals surface area contributed by atoms with Crippen LogP contribution in [0.25, 0.3) is 0 Å². The molecule has 7 nitrogen and oxygen atoms in total. The van der Waals surface area contributed by atoms with Gasteiger partial charge in [0.2, 0.25) is 0 Å². The summed E-state index contributed by atoms with van der Waals surface area (Å²) < 4.78 is 47.0. The standard InChI is InChI=1S/C14H12F3NO6/c1-23-11(19)6-10(13(22)24-2)18-9-5-7(14(15,16)17)3-4-8(9)12(20)21/h3-6,18H,1-2H3,(H,20,21)/b10-6+. The molecule has 1 aromatic rings. The maximum atomic E-state index is 12.8. The Labute approximate surface area is 133 Å². The zero-order chi connectivity index (χ0) is 18.5. The van der Waals surface area contributed by atoms with Gasteiger partial charge in [0.05, 0.1) is 37.1 Å². The normalized spacial score (nSPS) is 11.6. The van der Waals surface area contributed by atoms with Gasteiger partial charge in [-0.3, -0.25) is 0 Å². The predicted molar refractivity (Wildman–Crippen MR) is 74.1 cm³/mol. The van der Waals surface area contributed by atoms with Gasteiger partial charge in [0.1, 0.15) is 5.70 Å². The average Bonchev–Trinajstić information content (AvgIpc) is 2.52. The van der Waals surface area contributed by atoms with E-state index in [-0.39, 0.29) is 0 Å². The van der Waals surface area contributed by atoms with Crippen LogP contribution in [-0.4, -0.2) is 37.2 Å². The lowest BCUT2D eigenvalue weighted by molar-refractivity contribution is -0.138. The Bertz CT molecular complexity index is 696. The topological polar surface area (TPSA) is 102 Å². The molecule has 0 aliphatic heterocycles. The molecule has 0 heterocycles. The van der Waals surface area contributed by atoms with Crippen LogP contribution in [0.3, 0.4) is 0 Å². The molecule has 0 fully saturated rings. The molecule has 0 radical (unpaired) electrons. The second kappa shape index (κ2) is 7.49. The first-order chi connectivity index (χ1) is 11.1. The SMILES string of the molecule is COC(=O)/C=C(/Nc1cc(C(F)(F)F)ccc1C(=O)O)C(=O)OC. The van der Waals surface area contributed by atoms with Crippen molar-refractivity contribution in [2.45, 2.75) is 6.18 Å². The monoisotopic (exact) mass is 347 g/mol. The van der Waals surface area contributed by atoms with E-state index in [0.717, 1.165) is 20.3 Å². The lowest BCUT2D eigenvalue weighted by atomic mass is 10.1. The number of hydrogen-bond acceptors (Lipinski definition) is 6. The first-order valence-electron chi connectivity index (χ1n) is 6.19. The maximum Gasteiger partial charge on any atom is 0.416 e. The van der Waals surface area contributed by atoms with Crippen LogP contribution in [-0.2, 0) is 25.2 Å². The van der Waals surface area contributed by atoms with Crippen LogP contribution in [0.1, 0.15) is 15.9 Å². The molecular formula is C14H12F3NO6. The van der Waals surface area contributed by atoms with Gasteiger partial charge >= 0.3 is 24.1 Å². The number of carbonyl (C=O) groups excluding carboxylic acids is 2. The molecule has 0 amide bonds. The Kier molecular flexibility index (Phi) is 5.93. The summed E-state index contributed by atoms with van der Waals surface area (Å²) in [4.78, 5) is 34.0. The number of alkyl halides is 3. The number of aromatic carboxylic acids is 1. The second-order valence-electron chi connectivity index (χ2n) is 4.26. The van der Waals surface area contributed by atoms with E-state index in [4.69, 9.17) is 5.11 Å². The number of halogens is 3. The summed E-state index contributed by atoms with van der Waals surface area (Å²) in [6.07, 6.45) is -4.11. The van der Waals surface area contributed by atoms with Gasteiger partial charge in [-0.25, -0.2) is 14.4 Å². The highest BCUT2D eigenvalue weighted by atomic mass is 19.4. The van der Waals surface area contributed by atoms with Gasteiger partial charge in [-0.05, 0) is 18.2 Å². The molecule has 0 unspecified atom stereocenters. The summed E-state index contributed by atoms with van der Waals surface area (Å²) >= 11 is 0. The van der Waals surface area contributed by atoms with E-state index in [1.165, 1.54) is 0 Å². The minimum atomic E-state index is -4.73. The Morgan fingerprint density at radius 3 is 2.25 bits per heavy atom. The van der Waals surface area contributed by atoms with Gasteiger partial charge in [0, 0.05) is 0 Å². The highest BCUT2D eigenvalue weighted by Crippen LogP contribution is 2.32. The van der Waals surface area contributed by atoms with Gasteiger partial charge in [0.15, 0.2) is 0 Å². The van der Waals surface area contributed by atoms with Crippen LogP contribution < -0.4 is 5.32 Å². The molecule has 1 rings (SSSR count). The fourth-order valence-electron chi connectivity index (χ4n) is 1.59. The number of esters is 2. The molecule has 2 N–H and O–H groups in total. The van der Waals surface area contributed by atoms with Crippen molar-refractivity contribution in [3.63, 3.8) is 0 Å². The van der Waals surface area contributed by atoms with Crippen molar-refractivity contribution in [3.05, 3.63) is 41.1 Å². The minimum Gasteiger partial charge on any atom is -0.478 e. The van der Waals surface area contributed by atoms with E-state index in [2.05, 4.69) is 14.8 Å². The first kappa shape index (κ1) is 19.0. The van der Waals surface area contributed by atoms with Gasteiger partial charge in [0.25, 0.3) is 0 Å². The van der Waals surface area contributed by atoms with Crippen molar-refractivity contribution in [2.24, 2.45) is 0 Å². The Morgan fingerprint density at radius 2 is 1.79 bits per heavy atom. The molecule has 0 saturated carbocycles. The van der Waals surface area contributed by atoms with Crippen molar-refractivity contribution in [3.8, 4) is 0 Å². The molecule has 130 valence electrons. The van der Waals surface area contributed by atoms with Crippen molar-refractivity contribution >= 4 is 23.6 Å². The fraction of sp³-hybridized carbons (Fsp3) is 0.214. The van der Waals surface area contributed by atoms with Gasteiger partial charge < -0.3 is 19.9 Å². The number of carboxylic acid groups (broad SMARTS) is 1. The van der Waals surface area contributed by atoms with E-state index >= 15 is 0 Å². The third-order valence-electron chi connectivity index (χ3n) is 2.72. The van der Waals surface area contributed by atoms with E-state index in [0.29, 0.717) is 18.2 Å². The third kappa shape index (κ3) is 4.73. The zero-order valence-corrected chi connectivity index (χ0v) is 12.4. The molecule has 24 heavy (non-hydrogen) atoms. The minimum absolute atomic E-state index is 0.498. The quantitative estimate of drug-likeness (QED) is 0.621.